The smallest absolute Gasteiger partial charge is 0.344 e. The molecule has 0 unspecified atom stereocenters. The molecule has 0 saturated carbocycles. The number of ether oxygens (including phenoxy) is 1. The first-order chi connectivity index (χ1) is 7.51. The first kappa shape index (κ1) is 12.7. The summed E-state index contributed by atoms with van der Waals surface area (Å²) in [5, 5.41) is 10.9. The van der Waals surface area contributed by atoms with E-state index in [1.165, 1.54) is 12.1 Å². The van der Waals surface area contributed by atoms with Crippen LogP contribution in [0.25, 0.3) is 0 Å². The summed E-state index contributed by atoms with van der Waals surface area (Å²) in [6.45, 7) is 0. The SMILES string of the molecule is COC(=O)c1cc(Cl)c(CCl)cc1[N+](=O)[O-]. The molecular weight excluding hydrogens is 257 g/mol. The predicted molar refractivity (Wildman–Crippen MR) is 59.0 cm³/mol. The maximum absolute atomic E-state index is 11.3. The summed E-state index contributed by atoms with van der Waals surface area (Å²) < 4.78 is 4.42. The van der Waals surface area contributed by atoms with Gasteiger partial charge in [-0.2, -0.15) is 0 Å². The third-order valence-corrected chi connectivity index (χ3v) is 2.55. The van der Waals surface area contributed by atoms with Crippen LogP contribution in [0.15, 0.2) is 12.1 Å². The Morgan fingerprint density at radius 3 is 2.62 bits per heavy atom. The van der Waals surface area contributed by atoms with E-state index in [1.54, 1.807) is 0 Å². The molecule has 16 heavy (non-hydrogen) atoms. The number of benzene rings is 1. The molecular formula is C9H7Cl2NO4. The Labute approximate surface area is 101 Å². The number of alkyl halides is 1. The number of carbonyl (C=O) groups is 1. The van der Waals surface area contributed by atoms with Crippen LogP contribution < -0.4 is 0 Å². The Bertz CT molecular complexity index is 447. The van der Waals surface area contributed by atoms with Crippen molar-refractivity contribution in [3.63, 3.8) is 0 Å². The van der Waals surface area contributed by atoms with Crippen molar-refractivity contribution in [1.29, 1.82) is 0 Å². The molecule has 0 aromatic heterocycles. The molecule has 0 saturated heterocycles. The summed E-state index contributed by atoms with van der Waals surface area (Å²) in [4.78, 5) is 21.3. The minimum atomic E-state index is -0.810. The molecule has 0 heterocycles. The van der Waals surface area contributed by atoms with Crippen LogP contribution in [-0.2, 0) is 10.6 Å². The van der Waals surface area contributed by atoms with Gasteiger partial charge < -0.3 is 4.74 Å². The highest BCUT2D eigenvalue weighted by Crippen LogP contribution is 2.28. The van der Waals surface area contributed by atoms with Crippen molar-refractivity contribution in [2.24, 2.45) is 0 Å². The molecule has 7 heteroatoms. The standard InChI is InChI=1S/C9H7Cl2NO4/c1-16-9(13)6-3-7(11)5(4-10)2-8(6)12(14)15/h2-3H,4H2,1H3. The van der Waals surface area contributed by atoms with Crippen molar-refractivity contribution in [2.75, 3.05) is 7.11 Å². The molecule has 86 valence electrons. The van der Waals surface area contributed by atoms with Crippen molar-refractivity contribution in [1.82, 2.24) is 0 Å². The summed E-state index contributed by atoms with van der Waals surface area (Å²) in [5.41, 5.74) is -0.166. The number of rotatable bonds is 3. The minimum Gasteiger partial charge on any atom is -0.465 e. The van der Waals surface area contributed by atoms with Gasteiger partial charge in [-0.05, 0) is 11.6 Å². The third kappa shape index (κ3) is 2.43. The van der Waals surface area contributed by atoms with Crippen LogP contribution in [0.2, 0.25) is 5.02 Å². The Kier molecular flexibility index (Phi) is 4.09. The second-order valence-corrected chi connectivity index (χ2v) is 3.52. The second-order valence-electron chi connectivity index (χ2n) is 2.84. The summed E-state index contributed by atoms with van der Waals surface area (Å²) in [6, 6.07) is 2.35. The van der Waals surface area contributed by atoms with Crippen LogP contribution in [0.1, 0.15) is 15.9 Å². The quantitative estimate of drug-likeness (QED) is 0.364. The van der Waals surface area contributed by atoms with E-state index >= 15 is 0 Å². The highest BCUT2D eigenvalue weighted by Gasteiger charge is 2.23. The summed E-state index contributed by atoms with van der Waals surface area (Å²) in [6.07, 6.45) is 0. The van der Waals surface area contributed by atoms with E-state index in [0.717, 1.165) is 7.11 Å². The van der Waals surface area contributed by atoms with Crippen molar-refractivity contribution >= 4 is 34.9 Å². The van der Waals surface area contributed by atoms with Crippen LogP contribution >= 0.6 is 23.2 Å². The van der Waals surface area contributed by atoms with Crippen molar-refractivity contribution in [3.05, 3.63) is 38.4 Å². The van der Waals surface area contributed by atoms with Gasteiger partial charge in [0.15, 0.2) is 0 Å². The fourth-order valence-corrected chi connectivity index (χ4v) is 1.65. The van der Waals surface area contributed by atoms with E-state index in [9.17, 15) is 14.9 Å². The molecule has 5 nitrogen and oxygen atoms in total. The molecule has 0 spiro atoms. The van der Waals surface area contributed by atoms with Gasteiger partial charge in [-0.15, -0.1) is 11.6 Å². The lowest BCUT2D eigenvalue weighted by molar-refractivity contribution is -0.385. The average Bonchev–Trinajstić information content (AvgIpc) is 2.27. The predicted octanol–water partition coefficient (Wildman–Crippen LogP) is 2.77. The second kappa shape index (κ2) is 5.14. The molecule has 0 aliphatic carbocycles. The van der Waals surface area contributed by atoms with E-state index in [1.807, 2.05) is 0 Å². The Hall–Kier alpha value is -1.33. The lowest BCUT2D eigenvalue weighted by Crippen LogP contribution is -2.06. The van der Waals surface area contributed by atoms with Gasteiger partial charge in [-0.1, -0.05) is 11.6 Å². The average molecular weight is 264 g/mol. The van der Waals surface area contributed by atoms with Crippen LogP contribution in [-0.4, -0.2) is 18.0 Å². The summed E-state index contributed by atoms with van der Waals surface area (Å²) in [5.74, 6) is -0.782. The first-order valence-electron chi connectivity index (χ1n) is 4.12. The fourth-order valence-electron chi connectivity index (χ4n) is 1.13. The van der Waals surface area contributed by atoms with Gasteiger partial charge in [0.25, 0.3) is 5.69 Å². The highest BCUT2D eigenvalue weighted by molar-refractivity contribution is 6.32. The maximum Gasteiger partial charge on any atom is 0.344 e. The minimum absolute atomic E-state index is 0.0289. The number of methoxy groups -OCH3 is 1. The number of esters is 1. The number of nitro groups is 1. The van der Waals surface area contributed by atoms with Gasteiger partial charge in [0, 0.05) is 17.0 Å². The highest BCUT2D eigenvalue weighted by atomic mass is 35.5. The number of halogens is 2. The number of nitrogens with zero attached hydrogens (tertiary/aromatic N) is 1. The number of hydrogen-bond donors (Lipinski definition) is 0. The van der Waals surface area contributed by atoms with Crippen molar-refractivity contribution < 1.29 is 14.5 Å². The molecule has 1 rings (SSSR count). The van der Waals surface area contributed by atoms with E-state index in [2.05, 4.69) is 4.74 Å². The van der Waals surface area contributed by atoms with Crippen LogP contribution in [0, 0.1) is 10.1 Å². The third-order valence-electron chi connectivity index (χ3n) is 1.91. The molecule has 0 aliphatic rings. The zero-order chi connectivity index (χ0) is 12.3. The molecule has 1 aromatic rings. The number of nitro benzene ring substituents is 1. The van der Waals surface area contributed by atoms with E-state index in [0.29, 0.717) is 5.56 Å². The van der Waals surface area contributed by atoms with Gasteiger partial charge in [0.1, 0.15) is 5.56 Å². The first-order valence-corrected chi connectivity index (χ1v) is 5.03. The van der Waals surface area contributed by atoms with Gasteiger partial charge >= 0.3 is 5.97 Å². The normalized spacial score (nSPS) is 9.94. The van der Waals surface area contributed by atoms with Gasteiger partial charge in [-0.25, -0.2) is 4.79 Å². The molecule has 0 N–H and O–H groups in total. The van der Waals surface area contributed by atoms with Gasteiger partial charge in [0.2, 0.25) is 0 Å². The monoisotopic (exact) mass is 263 g/mol. The molecule has 0 aliphatic heterocycles. The molecule has 1 aromatic carbocycles. The largest absolute Gasteiger partial charge is 0.465 e. The van der Waals surface area contributed by atoms with E-state index < -0.39 is 10.9 Å². The molecule has 0 amide bonds. The lowest BCUT2D eigenvalue weighted by Gasteiger charge is -2.04. The molecule has 0 bridgehead atoms. The Morgan fingerprint density at radius 2 is 2.19 bits per heavy atom. The van der Waals surface area contributed by atoms with Gasteiger partial charge in [0.05, 0.1) is 12.0 Å². The summed E-state index contributed by atoms with van der Waals surface area (Å²) >= 11 is 11.3. The van der Waals surface area contributed by atoms with Crippen LogP contribution in [0.5, 0.6) is 0 Å². The van der Waals surface area contributed by atoms with Crippen molar-refractivity contribution in [3.8, 4) is 0 Å². The number of hydrogen-bond acceptors (Lipinski definition) is 4. The van der Waals surface area contributed by atoms with E-state index in [-0.39, 0.29) is 22.2 Å². The Morgan fingerprint density at radius 1 is 1.56 bits per heavy atom. The van der Waals surface area contributed by atoms with Crippen molar-refractivity contribution in [2.45, 2.75) is 5.88 Å². The molecule has 0 fully saturated rings. The Balaban J connectivity index is 3.42. The van der Waals surface area contributed by atoms with E-state index in [4.69, 9.17) is 23.2 Å². The topological polar surface area (TPSA) is 69.4 Å². The van der Waals surface area contributed by atoms with Crippen LogP contribution in [0.3, 0.4) is 0 Å². The fraction of sp³-hybridized carbons (Fsp3) is 0.222. The lowest BCUT2D eigenvalue weighted by atomic mass is 10.1. The van der Waals surface area contributed by atoms with Gasteiger partial charge in [-0.3, -0.25) is 10.1 Å². The molecule has 0 atom stereocenters. The van der Waals surface area contributed by atoms with Crippen LogP contribution in [0.4, 0.5) is 5.69 Å². The number of carbonyl (C=O) groups excluding carboxylic acids is 1. The maximum atomic E-state index is 11.3. The summed E-state index contributed by atoms with van der Waals surface area (Å²) in [7, 11) is 1.13. The molecule has 0 radical (unpaired) electrons. The zero-order valence-electron chi connectivity index (χ0n) is 8.20. The zero-order valence-corrected chi connectivity index (χ0v) is 9.71.